The molecular formula is C20H21N3O3S. The molecule has 2 aromatic rings. The highest BCUT2D eigenvalue weighted by Gasteiger charge is 2.36. The summed E-state index contributed by atoms with van der Waals surface area (Å²) in [5.74, 6) is -1.12. The zero-order valence-electron chi connectivity index (χ0n) is 14.9. The topological polar surface area (TPSA) is 69.7 Å². The van der Waals surface area contributed by atoms with E-state index in [-0.39, 0.29) is 18.5 Å². The summed E-state index contributed by atoms with van der Waals surface area (Å²) in [6.45, 7) is 2.28. The molecule has 1 atom stereocenters. The lowest BCUT2D eigenvalue weighted by molar-refractivity contribution is -0.121. The van der Waals surface area contributed by atoms with Gasteiger partial charge in [-0.3, -0.25) is 24.2 Å². The van der Waals surface area contributed by atoms with Crippen LogP contribution in [0.25, 0.3) is 0 Å². The summed E-state index contributed by atoms with van der Waals surface area (Å²) in [5.41, 5.74) is 0.729. The van der Waals surface area contributed by atoms with E-state index < -0.39 is 11.8 Å². The Morgan fingerprint density at radius 1 is 1.04 bits per heavy atom. The minimum absolute atomic E-state index is 0.138. The molecule has 0 radical (unpaired) electrons. The number of imide groups is 1. The van der Waals surface area contributed by atoms with Gasteiger partial charge in [-0.1, -0.05) is 18.2 Å². The van der Waals surface area contributed by atoms with Crippen molar-refractivity contribution in [2.24, 2.45) is 0 Å². The molecule has 4 rings (SSSR count). The molecule has 3 heterocycles. The lowest BCUT2D eigenvalue weighted by atomic mass is 10.1. The van der Waals surface area contributed by atoms with Crippen LogP contribution in [0.5, 0.6) is 0 Å². The Morgan fingerprint density at radius 3 is 2.30 bits per heavy atom. The Labute approximate surface area is 161 Å². The van der Waals surface area contributed by atoms with Crippen LogP contribution in [0.15, 0.2) is 41.8 Å². The molecule has 1 aromatic heterocycles. The van der Waals surface area contributed by atoms with E-state index in [4.69, 9.17) is 0 Å². The maximum atomic E-state index is 12.5. The lowest BCUT2D eigenvalue weighted by Crippen LogP contribution is -2.43. The van der Waals surface area contributed by atoms with Gasteiger partial charge in [0.1, 0.15) is 6.54 Å². The fraction of sp³-hybridized carbons (Fsp3) is 0.350. The second-order valence-corrected chi connectivity index (χ2v) is 7.80. The van der Waals surface area contributed by atoms with Gasteiger partial charge in [-0.05, 0) is 49.5 Å². The summed E-state index contributed by atoms with van der Waals surface area (Å²) in [5, 5.41) is 4.96. The van der Waals surface area contributed by atoms with E-state index in [0.29, 0.717) is 17.7 Å². The van der Waals surface area contributed by atoms with Crippen LogP contribution in [-0.2, 0) is 4.79 Å². The van der Waals surface area contributed by atoms with E-state index in [9.17, 15) is 14.4 Å². The normalized spacial score (nSPS) is 18.0. The standard InChI is InChI=1S/C20H21N3O3S/c24-18(13-23-19(25)14-6-1-2-7-15(14)20(23)26)21-12-16(17-8-5-11-27-17)22-9-3-4-10-22/h1-2,5-8,11,16H,3-4,9-10,12-13H2,(H,21,24). The second kappa shape index (κ2) is 7.62. The minimum Gasteiger partial charge on any atom is -0.353 e. The Morgan fingerprint density at radius 2 is 1.70 bits per heavy atom. The van der Waals surface area contributed by atoms with Crippen molar-refractivity contribution < 1.29 is 14.4 Å². The molecular weight excluding hydrogens is 362 g/mol. The summed E-state index contributed by atoms with van der Waals surface area (Å²) in [6, 6.07) is 10.9. The molecule has 1 aromatic carbocycles. The van der Waals surface area contributed by atoms with Crippen LogP contribution in [0.3, 0.4) is 0 Å². The van der Waals surface area contributed by atoms with Crippen molar-refractivity contribution in [2.45, 2.75) is 18.9 Å². The molecule has 1 fully saturated rings. The molecule has 0 spiro atoms. The average molecular weight is 383 g/mol. The summed E-state index contributed by atoms with van der Waals surface area (Å²) in [6.07, 6.45) is 2.34. The number of fused-ring (bicyclic) bond motifs is 1. The van der Waals surface area contributed by atoms with Crippen molar-refractivity contribution >= 4 is 29.1 Å². The first-order chi connectivity index (χ1) is 13.1. The van der Waals surface area contributed by atoms with Gasteiger partial charge in [0.05, 0.1) is 17.2 Å². The smallest absolute Gasteiger partial charge is 0.262 e. The Hall–Kier alpha value is -2.51. The first-order valence-electron chi connectivity index (χ1n) is 9.14. The van der Waals surface area contributed by atoms with Gasteiger partial charge in [-0.25, -0.2) is 0 Å². The van der Waals surface area contributed by atoms with Crippen LogP contribution in [-0.4, -0.2) is 53.7 Å². The SMILES string of the molecule is O=C(CN1C(=O)c2ccccc2C1=O)NCC(c1cccs1)N1CCCC1. The maximum absolute atomic E-state index is 12.5. The van der Waals surface area contributed by atoms with Gasteiger partial charge >= 0.3 is 0 Å². The Balaban J connectivity index is 1.39. The number of hydrogen-bond donors (Lipinski definition) is 1. The zero-order valence-corrected chi connectivity index (χ0v) is 15.7. The lowest BCUT2D eigenvalue weighted by Gasteiger charge is -2.27. The van der Waals surface area contributed by atoms with Gasteiger partial charge in [0, 0.05) is 11.4 Å². The van der Waals surface area contributed by atoms with Crippen LogP contribution in [0.1, 0.15) is 44.5 Å². The molecule has 0 bridgehead atoms. The van der Waals surface area contributed by atoms with Gasteiger partial charge in [0.25, 0.3) is 11.8 Å². The first kappa shape index (κ1) is 17.9. The van der Waals surface area contributed by atoms with E-state index in [1.165, 1.54) is 17.7 Å². The monoisotopic (exact) mass is 383 g/mol. The van der Waals surface area contributed by atoms with Crippen molar-refractivity contribution in [3.8, 4) is 0 Å². The fourth-order valence-corrected chi connectivity index (χ4v) is 4.60. The van der Waals surface area contributed by atoms with Crippen molar-refractivity contribution in [1.29, 1.82) is 0 Å². The van der Waals surface area contributed by atoms with Crippen LogP contribution < -0.4 is 5.32 Å². The van der Waals surface area contributed by atoms with Crippen molar-refractivity contribution in [2.75, 3.05) is 26.2 Å². The quantitative estimate of drug-likeness (QED) is 0.777. The molecule has 3 amide bonds. The Kier molecular flexibility index (Phi) is 5.05. The van der Waals surface area contributed by atoms with Crippen LogP contribution in [0.2, 0.25) is 0 Å². The number of carbonyl (C=O) groups is 3. The number of carbonyl (C=O) groups excluding carboxylic acids is 3. The van der Waals surface area contributed by atoms with E-state index in [2.05, 4.69) is 16.3 Å². The van der Waals surface area contributed by atoms with Crippen LogP contribution >= 0.6 is 11.3 Å². The number of hydrogen-bond acceptors (Lipinski definition) is 5. The molecule has 6 nitrogen and oxygen atoms in total. The zero-order chi connectivity index (χ0) is 18.8. The number of amides is 3. The average Bonchev–Trinajstić information content (AvgIpc) is 3.43. The molecule has 2 aliphatic rings. The summed E-state index contributed by atoms with van der Waals surface area (Å²) in [7, 11) is 0. The van der Waals surface area contributed by atoms with E-state index in [0.717, 1.165) is 18.0 Å². The molecule has 7 heteroatoms. The van der Waals surface area contributed by atoms with Gasteiger partial charge < -0.3 is 5.32 Å². The van der Waals surface area contributed by atoms with Gasteiger partial charge in [0.2, 0.25) is 5.91 Å². The molecule has 1 saturated heterocycles. The van der Waals surface area contributed by atoms with Gasteiger partial charge in [-0.2, -0.15) is 0 Å². The summed E-state index contributed by atoms with van der Waals surface area (Å²) in [4.78, 5) is 41.9. The number of benzene rings is 1. The highest BCUT2D eigenvalue weighted by atomic mass is 32.1. The molecule has 0 saturated carbocycles. The molecule has 140 valence electrons. The summed E-state index contributed by atoms with van der Waals surface area (Å²) < 4.78 is 0. The third-order valence-corrected chi connectivity index (χ3v) is 6.10. The van der Waals surface area contributed by atoms with E-state index in [1.807, 2.05) is 11.4 Å². The summed E-state index contributed by atoms with van der Waals surface area (Å²) >= 11 is 1.68. The third-order valence-electron chi connectivity index (χ3n) is 5.13. The number of likely N-dealkylation sites (tertiary alicyclic amines) is 1. The molecule has 1 unspecified atom stereocenters. The van der Waals surface area contributed by atoms with Gasteiger partial charge in [-0.15, -0.1) is 11.3 Å². The highest BCUT2D eigenvalue weighted by Crippen LogP contribution is 2.28. The van der Waals surface area contributed by atoms with E-state index >= 15 is 0 Å². The Bertz CT molecular complexity index is 824. The number of nitrogens with zero attached hydrogens (tertiary/aromatic N) is 2. The molecule has 0 aliphatic carbocycles. The van der Waals surface area contributed by atoms with Crippen molar-refractivity contribution in [3.05, 3.63) is 57.8 Å². The van der Waals surface area contributed by atoms with Crippen LogP contribution in [0, 0.1) is 0 Å². The molecule has 27 heavy (non-hydrogen) atoms. The van der Waals surface area contributed by atoms with E-state index in [1.54, 1.807) is 35.6 Å². The highest BCUT2D eigenvalue weighted by molar-refractivity contribution is 7.10. The maximum Gasteiger partial charge on any atom is 0.262 e. The number of thiophene rings is 1. The van der Waals surface area contributed by atoms with Crippen molar-refractivity contribution in [3.63, 3.8) is 0 Å². The number of nitrogens with one attached hydrogen (secondary N) is 1. The van der Waals surface area contributed by atoms with Gasteiger partial charge in [0.15, 0.2) is 0 Å². The van der Waals surface area contributed by atoms with Crippen molar-refractivity contribution in [1.82, 2.24) is 15.1 Å². The fourth-order valence-electron chi connectivity index (χ4n) is 3.74. The molecule has 2 aliphatic heterocycles. The molecule has 1 N–H and O–H groups in total. The minimum atomic E-state index is -0.403. The second-order valence-electron chi connectivity index (χ2n) is 6.82. The predicted octanol–water partition coefficient (Wildman–Crippen LogP) is 2.30. The number of rotatable bonds is 6. The third kappa shape index (κ3) is 3.52. The van der Waals surface area contributed by atoms with Crippen LogP contribution in [0.4, 0.5) is 0 Å². The largest absolute Gasteiger partial charge is 0.353 e. The first-order valence-corrected chi connectivity index (χ1v) is 10.0. The predicted molar refractivity (Wildman–Crippen MR) is 103 cm³/mol.